The maximum atomic E-state index is 14.2. The van der Waals surface area contributed by atoms with Crippen LogP contribution in [0.1, 0.15) is 37.9 Å². The van der Waals surface area contributed by atoms with Gasteiger partial charge in [0.1, 0.15) is 5.92 Å². The number of hydrogen-bond acceptors (Lipinski definition) is 6. The lowest BCUT2D eigenvalue weighted by Crippen LogP contribution is -2.59. The molecule has 8 heteroatoms. The van der Waals surface area contributed by atoms with E-state index >= 15 is 0 Å². The lowest BCUT2D eigenvalue weighted by molar-refractivity contribution is -0.154. The van der Waals surface area contributed by atoms with Gasteiger partial charge in [0.05, 0.1) is 22.0 Å². The van der Waals surface area contributed by atoms with Crippen molar-refractivity contribution in [3.05, 3.63) is 99.0 Å². The molecule has 2 saturated heterocycles. The molecule has 3 aliphatic rings. The van der Waals surface area contributed by atoms with Crippen LogP contribution in [0.4, 0.5) is 5.69 Å². The largest absolute Gasteiger partial charge is 0.393 e. The fourth-order valence-electron chi connectivity index (χ4n) is 5.80. The van der Waals surface area contributed by atoms with Crippen molar-refractivity contribution < 1.29 is 23.9 Å². The number of halogens is 2. The molecule has 0 saturated carbocycles. The molecule has 2 heterocycles. The van der Waals surface area contributed by atoms with Crippen molar-refractivity contribution in [2.75, 3.05) is 4.90 Å². The first-order valence-corrected chi connectivity index (χ1v) is 11.8. The Balaban J connectivity index is 1.69. The van der Waals surface area contributed by atoms with Crippen LogP contribution in [-0.2, 0) is 14.3 Å². The number of ketones is 2. The van der Waals surface area contributed by atoms with Gasteiger partial charge in [0.25, 0.3) is 0 Å². The quantitative estimate of drug-likeness (QED) is 0.360. The Kier molecular flexibility index (Phi) is 4.72. The molecular formula is C27H17Cl2NO5. The van der Waals surface area contributed by atoms with Crippen LogP contribution >= 0.6 is 23.2 Å². The van der Waals surface area contributed by atoms with E-state index in [1.165, 1.54) is 0 Å². The molecule has 0 bridgehead atoms. The number of benzene rings is 3. The molecule has 3 aromatic carbocycles. The minimum atomic E-state index is -2.00. The molecular weight excluding hydrogens is 489 g/mol. The number of aryl methyl sites for hydroxylation is 1. The van der Waals surface area contributed by atoms with Crippen LogP contribution < -0.4 is 4.90 Å². The van der Waals surface area contributed by atoms with Crippen molar-refractivity contribution >= 4 is 52.4 Å². The summed E-state index contributed by atoms with van der Waals surface area (Å²) in [7, 11) is 0. The van der Waals surface area contributed by atoms with E-state index in [-0.39, 0.29) is 16.1 Å². The van der Waals surface area contributed by atoms with Gasteiger partial charge in [0.15, 0.2) is 17.1 Å². The molecule has 3 atom stereocenters. The molecule has 35 heavy (non-hydrogen) atoms. The first-order valence-electron chi connectivity index (χ1n) is 11.0. The topological polar surface area (TPSA) is 80.8 Å². The molecule has 0 N–H and O–H groups in total. The minimum Gasteiger partial charge on any atom is -0.393 e. The van der Waals surface area contributed by atoms with Crippen LogP contribution in [0.3, 0.4) is 0 Å². The summed E-state index contributed by atoms with van der Waals surface area (Å²) in [6.07, 6.45) is 0. The average Bonchev–Trinajstić information content (AvgIpc) is 3.40. The predicted molar refractivity (Wildman–Crippen MR) is 129 cm³/mol. The average molecular weight is 506 g/mol. The van der Waals surface area contributed by atoms with Gasteiger partial charge in [-0.05, 0) is 30.7 Å². The number of anilines is 1. The monoisotopic (exact) mass is 505 g/mol. The standard InChI is InChI=1S/C27H17Cl2NO5/c1-13-6-8-14(9-7-13)22-20-21(26(34)35-25(20)33)27(30(22)15-10-11-18(28)19(29)12-15)23(31)16-4-2-3-5-17(16)24(27)32/h2-12,20-22H,1H3/t20-,21-,22+/m0/s1. The van der Waals surface area contributed by atoms with E-state index in [1.54, 1.807) is 47.4 Å². The first-order chi connectivity index (χ1) is 16.8. The zero-order chi connectivity index (χ0) is 24.6. The van der Waals surface area contributed by atoms with Gasteiger partial charge in [-0.1, -0.05) is 77.3 Å². The van der Waals surface area contributed by atoms with E-state index in [0.29, 0.717) is 16.3 Å². The van der Waals surface area contributed by atoms with Crippen LogP contribution in [0.15, 0.2) is 66.7 Å². The Morgan fingerprint density at radius 2 is 1.43 bits per heavy atom. The van der Waals surface area contributed by atoms with E-state index < -0.39 is 46.9 Å². The molecule has 0 unspecified atom stereocenters. The Labute approximate surface area is 210 Å². The highest BCUT2D eigenvalue weighted by molar-refractivity contribution is 6.42. The number of fused-ring (bicyclic) bond motifs is 3. The lowest BCUT2D eigenvalue weighted by Gasteiger charge is -2.39. The number of ether oxygens (including phenoxy) is 1. The van der Waals surface area contributed by atoms with Gasteiger partial charge in [-0.15, -0.1) is 0 Å². The molecule has 2 aliphatic heterocycles. The zero-order valence-electron chi connectivity index (χ0n) is 18.3. The number of Topliss-reactive ketones (excluding diaryl/α,β-unsaturated/α-hetero) is 2. The summed E-state index contributed by atoms with van der Waals surface area (Å²) >= 11 is 12.5. The number of rotatable bonds is 2. The van der Waals surface area contributed by atoms with Crippen molar-refractivity contribution in [3.8, 4) is 0 Å². The van der Waals surface area contributed by atoms with Crippen molar-refractivity contribution in [3.63, 3.8) is 0 Å². The van der Waals surface area contributed by atoms with Crippen LogP contribution in [0.5, 0.6) is 0 Å². The summed E-state index contributed by atoms with van der Waals surface area (Å²) in [4.78, 5) is 56.2. The number of carbonyl (C=O) groups excluding carboxylic acids is 4. The molecule has 174 valence electrons. The molecule has 1 aliphatic carbocycles. The molecule has 1 spiro atoms. The lowest BCUT2D eigenvalue weighted by atomic mass is 9.76. The van der Waals surface area contributed by atoms with E-state index in [0.717, 1.165) is 5.56 Å². The predicted octanol–water partition coefficient (Wildman–Crippen LogP) is 5.00. The number of esters is 2. The maximum absolute atomic E-state index is 14.2. The van der Waals surface area contributed by atoms with Crippen molar-refractivity contribution in [2.24, 2.45) is 11.8 Å². The molecule has 0 amide bonds. The van der Waals surface area contributed by atoms with Crippen molar-refractivity contribution in [1.82, 2.24) is 0 Å². The van der Waals surface area contributed by atoms with Crippen LogP contribution in [0, 0.1) is 18.8 Å². The van der Waals surface area contributed by atoms with E-state index in [4.69, 9.17) is 27.9 Å². The molecule has 0 aromatic heterocycles. The number of cyclic esters (lactones) is 2. The molecule has 6 nitrogen and oxygen atoms in total. The Morgan fingerprint density at radius 1 is 0.800 bits per heavy atom. The third-order valence-electron chi connectivity index (χ3n) is 7.24. The highest BCUT2D eigenvalue weighted by Crippen LogP contribution is 2.60. The van der Waals surface area contributed by atoms with Crippen molar-refractivity contribution in [2.45, 2.75) is 18.5 Å². The Bertz CT molecular complexity index is 1430. The third-order valence-corrected chi connectivity index (χ3v) is 7.98. The Hall–Kier alpha value is -3.48. The van der Waals surface area contributed by atoms with Gasteiger partial charge < -0.3 is 9.64 Å². The second kappa shape index (κ2) is 7.51. The van der Waals surface area contributed by atoms with Gasteiger partial charge in [0, 0.05) is 16.8 Å². The highest BCUT2D eigenvalue weighted by atomic mass is 35.5. The van der Waals surface area contributed by atoms with Crippen LogP contribution in [-0.4, -0.2) is 29.0 Å². The van der Waals surface area contributed by atoms with Gasteiger partial charge in [-0.2, -0.15) is 0 Å². The summed E-state index contributed by atoms with van der Waals surface area (Å²) in [5.74, 6) is -5.11. The van der Waals surface area contributed by atoms with Crippen LogP contribution in [0.25, 0.3) is 0 Å². The zero-order valence-corrected chi connectivity index (χ0v) is 19.8. The highest BCUT2D eigenvalue weighted by Gasteiger charge is 2.76. The molecule has 3 aromatic rings. The summed E-state index contributed by atoms with van der Waals surface area (Å²) in [5, 5.41) is 0.502. The minimum absolute atomic E-state index is 0.206. The number of hydrogen-bond donors (Lipinski definition) is 0. The Morgan fingerprint density at radius 3 is 2.03 bits per heavy atom. The summed E-state index contributed by atoms with van der Waals surface area (Å²) < 4.78 is 5.06. The second-order valence-electron chi connectivity index (χ2n) is 9.04. The summed E-state index contributed by atoms with van der Waals surface area (Å²) in [6.45, 7) is 1.92. The smallest absolute Gasteiger partial charge is 0.320 e. The SMILES string of the molecule is Cc1ccc([C@@H]2[C@H]3C(=O)OC(=O)[C@H]3C3(C(=O)c4ccccc4C3=O)N2c2ccc(Cl)c(Cl)c2)cc1. The summed E-state index contributed by atoms with van der Waals surface area (Å²) in [5.41, 5.74) is 0.469. The molecule has 6 rings (SSSR count). The second-order valence-corrected chi connectivity index (χ2v) is 9.85. The van der Waals surface area contributed by atoms with Gasteiger partial charge in [-0.3, -0.25) is 19.2 Å². The fourth-order valence-corrected chi connectivity index (χ4v) is 6.09. The number of nitrogens with zero attached hydrogens (tertiary/aromatic N) is 1. The van der Waals surface area contributed by atoms with Gasteiger partial charge in [0.2, 0.25) is 0 Å². The van der Waals surface area contributed by atoms with E-state index in [2.05, 4.69) is 0 Å². The number of carbonyl (C=O) groups is 4. The van der Waals surface area contributed by atoms with Crippen molar-refractivity contribution in [1.29, 1.82) is 0 Å². The first kappa shape index (κ1) is 22.0. The maximum Gasteiger partial charge on any atom is 0.320 e. The third kappa shape index (κ3) is 2.78. The van der Waals surface area contributed by atoms with E-state index in [9.17, 15) is 19.2 Å². The van der Waals surface area contributed by atoms with Gasteiger partial charge >= 0.3 is 11.9 Å². The summed E-state index contributed by atoms with van der Waals surface area (Å²) in [6, 6.07) is 17.8. The van der Waals surface area contributed by atoms with Gasteiger partial charge in [-0.25, -0.2) is 0 Å². The molecule has 2 fully saturated rings. The normalized spacial score (nSPS) is 24.2. The molecule has 0 radical (unpaired) electrons. The fraction of sp³-hybridized carbons (Fsp3) is 0.185. The van der Waals surface area contributed by atoms with Crippen LogP contribution in [0.2, 0.25) is 10.0 Å². The van der Waals surface area contributed by atoms with E-state index in [1.807, 2.05) is 31.2 Å².